The molecule has 1 atom stereocenters. The number of hydrogen-bond donors (Lipinski definition) is 1. The van der Waals surface area contributed by atoms with Crippen LogP contribution >= 0.6 is 0 Å². The highest BCUT2D eigenvalue weighted by atomic mass is 19.1. The highest BCUT2D eigenvalue weighted by Gasteiger charge is 2.20. The quantitative estimate of drug-likeness (QED) is 0.794. The van der Waals surface area contributed by atoms with E-state index in [0.29, 0.717) is 6.07 Å². The van der Waals surface area contributed by atoms with E-state index >= 15 is 0 Å². The minimum Gasteiger partial charge on any atom is -0.332 e. The van der Waals surface area contributed by atoms with Gasteiger partial charge in [-0.2, -0.15) is 10.4 Å². The summed E-state index contributed by atoms with van der Waals surface area (Å²) in [4.78, 5) is 12.3. The summed E-state index contributed by atoms with van der Waals surface area (Å²) >= 11 is 0. The summed E-state index contributed by atoms with van der Waals surface area (Å²) in [5, 5.41) is 15.7. The third-order valence-corrected chi connectivity index (χ3v) is 3.54. The second kappa shape index (κ2) is 6.93. The van der Waals surface area contributed by atoms with Gasteiger partial charge in [0.25, 0.3) is 5.91 Å². The lowest BCUT2D eigenvalue weighted by atomic mass is 10.1. The standard InChI is InChI=1S/C18H12F2N4O/c19-13-6-7-15(16(20)8-13)17(9-21)23-18(25)12-10-22-24(11-12)14-4-2-1-3-5-14/h1-8,10-11,17H,(H,23,25)/t17-/m0/s1. The third-order valence-electron chi connectivity index (χ3n) is 3.54. The van der Waals surface area contributed by atoms with E-state index < -0.39 is 23.6 Å². The number of carbonyl (C=O) groups excluding carboxylic acids is 1. The van der Waals surface area contributed by atoms with Gasteiger partial charge in [-0.3, -0.25) is 4.79 Å². The van der Waals surface area contributed by atoms with Gasteiger partial charge in [0.1, 0.15) is 17.7 Å². The Morgan fingerprint density at radius 3 is 2.64 bits per heavy atom. The maximum absolute atomic E-state index is 13.8. The molecule has 0 aliphatic rings. The number of nitrogens with zero attached hydrogens (tertiary/aromatic N) is 3. The predicted molar refractivity (Wildman–Crippen MR) is 85.7 cm³/mol. The Hall–Kier alpha value is -3.53. The van der Waals surface area contributed by atoms with Gasteiger partial charge in [0.05, 0.1) is 23.5 Å². The molecule has 1 heterocycles. The first-order chi connectivity index (χ1) is 12.1. The lowest BCUT2D eigenvalue weighted by Gasteiger charge is -2.12. The van der Waals surface area contributed by atoms with Gasteiger partial charge in [0, 0.05) is 17.8 Å². The molecule has 1 amide bonds. The summed E-state index contributed by atoms with van der Waals surface area (Å²) in [7, 11) is 0. The van der Waals surface area contributed by atoms with Gasteiger partial charge >= 0.3 is 0 Å². The van der Waals surface area contributed by atoms with Crippen LogP contribution in [-0.2, 0) is 0 Å². The van der Waals surface area contributed by atoms with Crippen LogP contribution in [0.2, 0.25) is 0 Å². The van der Waals surface area contributed by atoms with Crippen molar-refractivity contribution in [2.45, 2.75) is 6.04 Å². The third kappa shape index (κ3) is 3.53. The van der Waals surface area contributed by atoms with Crippen LogP contribution in [0.25, 0.3) is 5.69 Å². The number of carbonyl (C=O) groups is 1. The molecule has 2 aromatic carbocycles. The van der Waals surface area contributed by atoms with Crippen molar-refractivity contribution in [3.63, 3.8) is 0 Å². The highest BCUT2D eigenvalue weighted by Crippen LogP contribution is 2.18. The molecule has 0 aliphatic carbocycles. The Bertz CT molecular complexity index is 947. The van der Waals surface area contributed by atoms with Crippen molar-refractivity contribution >= 4 is 5.91 Å². The molecule has 0 unspecified atom stereocenters. The largest absolute Gasteiger partial charge is 0.332 e. The second-order valence-electron chi connectivity index (χ2n) is 5.21. The van der Waals surface area contributed by atoms with Gasteiger partial charge in [-0.25, -0.2) is 13.5 Å². The molecule has 1 aromatic heterocycles. The van der Waals surface area contributed by atoms with Crippen LogP contribution < -0.4 is 5.32 Å². The molecular weight excluding hydrogens is 326 g/mol. The summed E-state index contributed by atoms with van der Waals surface area (Å²) in [6.07, 6.45) is 2.85. The van der Waals surface area contributed by atoms with E-state index in [0.717, 1.165) is 17.8 Å². The number of nitriles is 1. The molecule has 0 bridgehead atoms. The first kappa shape index (κ1) is 16.3. The molecular formula is C18H12F2N4O. The fraction of sp³-hybridized carbons (Fsp3) is 0.0556. The molecule has 3 rings (SSSR count). The lowest BCUT2D eigenvalue weighted by molar-refractivity contribution is 0.0944. The number of halogens is 2. The zero-order chi connectivity index (χ0) is 17.8. The van der Waals surface area contributed by atoms with Crippen molar-refractivity contribution in [2.24, 2.45) is 0 Å². The van der Waals surface area contributed by atoms with Crippen LogP contribution in [0.3, 0.4) is 0 Å². The fourth-order valence-corrected chi connectivity index (χ4v) is 2.29. The van der Waals surface area contributed by atoms with Crippen molar-refractivity contribution in [3.8, 4) is 11.8 Å². The number of rotatable bonds is 4. The maximum atomic E-state index is 13.8. The summed E-state index contributed by atoms with van der Waals surface area (Å²) < 4.78 is 28.3. The smallest absolute Gasteiger partial charge is 0.255 e. The van der Waals surface area contributed by atoms with Gasteiger partial charge in [0.2, 0.25) is 0 Å². The van der Waals surface area contributed by atoms with E-state index in [1.165, 1.54) is 17.1 Å². The van der Waals surface area contributed by atoms with Gasteiger partial charge in [-0.15, -0.1) is 0 Å². The van der Waals surface area contributed by atoms with Crippen molar-refractivity contribution in [1.29, 1.82) is 5.26 Å². The first-order valence-electron chi connectivity index (χ1n) is 7.34. The molecule has 0 fully saturated rings. The van der Waals surface area contributed by atoms with Gasteiger partial charge in [-0.1, -0.05) is 24.3 Å². The van der Waals surface area contributed by atoms with Gasteiger partial charge < -0.3 is 5.32 Å². The Kier molecular flexibility index (Phi) is 4.53. The van der Waals surface area contributed by atoms with Crippen LogP contribution in [0.4, 0.5) is 8.78 Å². The van der Waals surface area contributed by atoms with Crippen molar-refractivity contribution in [1.82, 2.24) is 15.1 Å². The minimum absolute atomic E-state index is 0.104. The van der Waals surface area contributed by atoms with Crippen LogP contribution in [0.1, 0.15) is 22.0 Å². The van der Waals surface area contributed by atoms with Crippen molar-refractivity contribution in [2.75, 3.05) is 0 Å². The zero-order valence-corrected chi connectivity index (χ0v) is 12.9. The number of aromatic nitrogens is 2. The van der Waals surface area contributed by atoms with E-state index in [-0.39, 0.29) is 11.1 Å². The van der Waals surface area contributed by atoms with E-state index in [9.17, 15) is 18.8 Å². The number of para-hydroxylation sites is 1. The monoisotopic (exact) mass is 338 g/mol. The Morgan fingerprint density at radius 1 is 1.20 bits per heavy atom. The highest BCUT2D eigenvalue weighted by molar-refractivity contribution is 5.94. The summed E-state index contributed by atoms with van der Waals surface area (Å²) in [6.45, 7) is 0. The van der Waals surface area contributed by atoms with Gasteiger partial charge in [0.15, 0.2) is 0 Å². The normalized spacial score (nSPS) is 11.6. The van der Waals surface area contributed by atoms with E-state index in [1.54, 1.807) is 6.07 Å². The van der Waals surface area contributed by atoms with Crippen LogP contribution in [0.15, 0.2) is 60.9 Å². The second-order valence-corrected chi connectivity index (χ2v) is 5.21. The van der Waals surface area contributed by atoms with Gasteiger partial charge in [-0.05, 0) is 18.2 Å². The topological polar surface area (TPSA) is 70.7 Å². The molecule has 1 N–H and O–H groups in total. The molecule has 25 heavy (non-hydrogen) atoms. The minimum atomic E-state index is -1.24. The summed E-state index contributed by atoms with van der Waals surface area (Å²) in [5.41, 5.74) is 0.877. The number of nitrogens with one attached hydrogen (secondary N) is 1. The van der Waals surface area contributed by atoms with Crippen LogP contribution in [0, 0.1) is 23.0 Å². The average molecular weight is 338 g/mol. The molecule has 7 heteroatoms. The molecule has 3 aromatic rings. The molecule has 0 spiro atoms. The maximum Gasteiger partial charge on any atom is 0.255 e. The molecule has 124 valence electrons. The van der Waals surface area contributed by atoms with Crippen LogP contribution in [0.5, 0.6) is 0 Å². The number of hydrogen-bond acceptors (Lipinski definition) is 3. The average Bonchev–Trinajstić information content (AvgIpc) is 3.11. The molecule has 0 radical (unpaired) electrons. The Morgan fingerprint density at radius 2 is 1.96 bits per heavy atom. The predicted octanol–water partition coefficient (Wildman–Crippen LogP) is 3.15. The van der Waals surface area contributed by atoms with E-state index in [4.69, 9.17) is 0 Å². The molecule has 5 nitrogen and oxygen atoms in total. The zero-order valence-electron chi connectivity index (χ0n) is 12.9. The first-order valence-corrected chi connectivity index (χ1v) is 7.34. The fourth-order valence-electron chi connectivity index (χ4n) is 2.29. The lowest BCUT2D eigenvalue weighted by Crippen LogP contribution is -2.28. The van der Waals surface area contributed by atoms with Crippen LogP contribution in [-0.4, -0.2) is 15.7 Å². The number of benzene rings is 2. The van der Waals surface area contributed by atoms with Crippen molar-refractivity contribution in [3.05, 3.63) is 83.7 Å². The van der Waals surface area contributed by atoms with E-state index in [1.807, 2.05) is 30.3 Å². The summed E-state index contributed by atoms with van der Waals surface area (Å²) in [5.74, 6) is -2.24. The summed E-state index contributed by atoms with van der Waals surface area (Å²) in [6, 6.07) is 12.5. The number of amides is 1. The molecule has 0 saturated carbocycles. The van der Waals surface area contributed by atoms with E-state index in [2.05, 4.69) is 10.4 Å². The molecule has 0 aliphatic heterocycles. The van der Waals surface area contributed by atoms with Crippen molar-refractivity contribution < 1.29 is 13.6 Å². The Balaban J connectivity index is 1.79. The molecule has 0 saturated heterocycles. The Labute approximate surface area is 142 Å². The SMILES string of the molecule is N#C[C@H](NC(=O)c1cnn(-c2ccccc2)c1)c1ccc(F)cc1F.